The van der Waals surface area contributed by atoms with E-state index in [-0.39, 0.29) is 6.61 Å². The molecule has 62 valence electrons. The predicted octanol–water partition coefficient (Wildman–Crippen LogP) is -1.58. The van der Waals surface area contributed by atoms with Crippen LogP contribution in [0.1, 0.15) is 13.0 Å². The molecule has 1 heterocycles. The molecule has 0 saturated heterocycles. The Bertz CT molecular complexity index is 306. The van der Waals surface area contributed by atoms with E-state index in [2.05, 4.69) is 10.2 Å². The van der Waals surface area contributed by atoms with Gasteiger partial charge in [-0.3, -0.25) is 0 Å². The lowest BCUT2D eigenvalue weighted by atomic mass is 10.4. The van der Waals surface area contributed by atoms with Crippen molar-refractivity contribution in [2.75, 3.05) is 6.61 Å². The summed E-state index contributed by atoms with van der Waals surface area (Å²) in [6.07, 6.45) is 0. The molecule has 1 atom stereocenters. The Kier molecular flexibility index (Phi) is 1.95. The standard InChI is InChI=1S/C5H9N3O3/c1-3(2-9)8-4(10)6-7-5(8)11/h3,9H,2H2,1H3,(H,6,10)(H,7,11). The fourth-order valence-electron chi connectivity index (χ4n) is 0.802. The summed E-state index contributed by atoms with van der Waals surface area (Å²) < 4.78 is 0.917. The van der Waals surface area contributed by atoms with E-state index in [1.165, 1.54) is 0 Å². The van der Waals surface area contributed by atoms with Crippen LogP contribution in [-0.2, 0) is 0 Å². The van der Waals surface area contributed by atoms with Crippen molar-refractivity contribution in [3.8, 4) is 0 Å². The normalized spacial score (nSPS) is 13.3. The van der Waals surface area contributed by atoms with E-state index < -0.39 is 17.4 Å². The number of hydrogen-bond acceptors (Lipinski definition) is 3. The lowest BCUT2D eigenvalue weighted by Crippen LogP contribution is -2.31. The first kappa shape index (κ1) is 7.80. The van der Waals surface area contributed by atoms with E-state index in [0.29, 0.717) is 0 Å². The summed E-state index contributed by atoms with van der Waals surface area (Å²) in [5, 5.41) is 12.9. The minimum atomic E-state index is -0.531. The molecule has 0 bridgehead atoms. The van der Waals surface area contributed by atoms with E-state index in [9.17, 15) is 9.59 Å². The number of aromatic amines is 2. The van der Waals surface area contributed by atoms with Crippen molar-refractivity contribution >= 4 is 0 Å². The van der Waals surface area contributed by atoms with Gasteiger partial charge in [0, 0.05) is 0 Å². The lowest BCUT2D eigenvalue weighted by Gasteiger charge is -2.04. The third-order valence-corrected chi connectivity index (χ3v) is 1.42. The zero-order valence-corrected chi connectivity index (χ0v) is 6.00. The largest absolute Gasteiger partial charge is 0.394 e. The highest BCUT2D eigenvalue weighted by Crippen LogP contribution is 1.92. The molecule has 1 unspecified atom stereocenters. The molecular formula is C5H9N3O3. The minimum Gasteiger partial charge on any atom is -0.394 e. The van der Waals surface area contributed by atoms with Gasteiger partial charge < -0.3 is 5.11 Å². The van der Waals surface area contributed by atoms with Gasteiger partial charge in [0.15, 0.2) is 0 Å². The Hall–Kier alpha value is -1.30. The summed E-state index contributed by atoms with van der Waals surface area (Å²) in [5.41, 5.74) is -1.06. The number of H-pyrrole nitrogens is 2. The molecule has 0 spiro atoms. The van der Waals surface area contributed by atoms with Crippen LogP contribution in [0.25, 0.3) is 0 Å². The highest BCUT2D eigenvalue weighted by molar-refractivity contribution is 4.71. The van der Waals surface area contributed by atoms with Crippen molar-refractivity contribution in [2.45, 2.75) is 13.0 Å². The second-order valence-electron chi connectivity index (χ2n) is 2.26. The Labute approximate surface area is 61.5 Å². The maximum atomic E-state index is 10.8. The average molecular weight is 159 g/mol. The smallest absolute Gasteiger partial charge is 0.344 e. The molecule has 1 aromatic heterocycles. The van der Waals surface area contributed by atoms with Crippen molar-refractivity contribution in [2.24, 2.45) is 0 Å². The summed E-state index contributed by atoms with van der Waals surface area (Å²) in [7, 11) is 0. The van der Waals surface area contributed by atoms with Gasteiger partial charge in [0.25, 0.3) is 0 Å². The zero-order chi connectivity index (χ0) is 8.43. The summed E-state index contributed by atoms with van der Waals surface area (Å²) in [6.45, 7) is 1.34. The molecule has 0 amide bonds. The van der Waals surface area contributed by atoms with Gasteiger partial charge in [-0.25, -0.2) is 24.4 Å². The first-order valence-electron chi connectivity index (χ1n) is 3.17. The topological polar surface area (TPSA) is 90.9 Å². The van der Waals surface area contributed by atoms with Crippen LogP contribution in [0.15, 0.2) is 9.59 Å². The van der Waals surface area contributed by atoms with E-state index in [0.717, 1.165) is 4.57 Å². The van der Waals surface area contributed by atoms with Crippen LogP contribution < -0.4 is 11.4 Å². The van der Waals surface area contributed by atoms with Crippen LogP contribution in [0.4, 0.5) is 0 Å². The van der Waals surface area contributed by atoms with Crippen molar-refractivity contribution < 1.29 is 5.11 Å². The molecule has 11 heavy (non-hydrogen) atoms. The molecule has 0 fully saturated rings. The van der Waals surface area contributed by atoms with Crippen LogP contribution in [0.3, 0.4) is 0 Å². The summed E-state index contributed by atoms with van der Waals surface area (Å²) in [4.78, 5) is 21.6. The Morgan fingerprint density at radius 1 is 1.45 bits per heavy atom. The molecule has 0 aliphatic rings. The zero-order valence-electron chi connectivity index (χ0n) is 6.00. The van der Waals surface area contributed by atoms with Crippen molar-refractivity contribution in [1.29, 1.82) is 0 Å². The highest BCUT2D eigenvalue weighted by Gasteiger charge is 2.09. The van der Waals surface area contributed by atoms with Gasteiger partial charge in [0.1, 0.15) is 0 Å². The summed E-state index contributed by atoms with van der Waals surface area (Å²) in [5.74, 6) is 0. The number of hydrogen-bond donors (Lipinski definition) is 3. The molecule has 0 saturated carbocycles. The second-order valence-corrected chi connectivity index (χ2v) is 2.26. The maximum absolute atomic E-state index is 10.8. The first-order chi connectivity index (χ1) is 5.16. The Morgan fingerprint density at radius 2 is 1.91 bits per heavy atom. The van der Waals surface area contributed by atoms with Crippen molar-refractivity contribution in [3.05, 3.63) is 21.0 Å². The minimum absolute atomic E-state index is 0.235. The van der Waals surface area contributed by atoms with Crippen LogP contribution >= 0.6 is 0 Å². The van der Waals surface area contributed by atoms with E-state index in [4.69, 9.17) is 5.11 Å². The number of rotatable bonds is 2. The molecule has 6 nitrogen and oxygen atoms in total. The Morgan fingerprint density at radius 3 is 2.27 bits per heavy atom. The quantitative estimate of drug-likeness (QED) is 0.486. The SMILES string of the molecule is CC(CO)n1c(=O)[nH][nH]c1=O. The number of nitrogens with one attached hydrogen (secondary N) is 2. The molecule has 1 aromatic rings. The van der Waals surface area contributed by atoms with Crippen LogP contribution in [0.5, 0.6) is 0 Å². The average Bonchev–Trinajstić information content (AvgIpc) is 2.30. The van der Waals surface area contributed by atoms with Gasteiger partial charge in [0.05, 0.1) is 12.6 Å². The third kappa shape index (κ3) is 1.25. The van der Waals surface area contributed by atoms with Crippen molar-refractivity contribution in [1.82, 2.24) is 14.8 Å². The second kappa shape index (κ2) is 2.75. The number of aliphatic hydroxyl groups is 1. The molecule has 0 aromatic carbocycles. The van der Waals surface area contributed by atoms with Gasteiger partial charge in [-0.2, -0.15) is 0 Å². The molecule has 0 aliphatic heterocycles. The predicted molar refractivity (Wildman–Crippen MR) is 37.5 cm³/mol. The first-order valence-corrected chi connectivity index (χ1v) is 3.17. The van der Waals surface area contributed by atoms with Gasteiger partial charge in [-0.15, -0.1) is 0 Å². The van der Waals surface area contributed by atoms with Crippen molar-refractivity contribution in [3.63, 3.8) is 0 Å². The highest BCUT2D eigenvalue weighted by atomic mass is 16.3. The van der Waals surface area contributed by atoms with E-state index in [1.807, 2.05) is 0 Å². The fraction of sp³-hybridized carbons (Fsp3) is 0.600. The third-order valence-electron chi connectivity index (χ3n) is 1.42. The fourth-order valence-corrected chi connectivity index (χ4v) is 0.802. The molecule has 3 N–H and O–H groups in total. The molecule has 0 radical (unpaired) electrons. The Balaban J connectivity index is 3.21. The number of aromatic nitrogens is 3. The van der Waals surface area contributed by atoms with Gasteiger partial charge >= 0.3 is 11.4 Å². The van der Waals surface area contributed by atoms with Crippen LogP contribution in [-0.4, -0.2) is 26.5 Å². The molecular weight excluding hydrogens is 150 g/mol. The van der Waals surface area contributed by atoms with Gasteiger partial charge in [-0.1, -0.05) is 0 Å². The van der Waals surface area contributed by atoms with Gasteiger partial charge in [0.2, 0.25) is 0 Å². The maximum Gasteiger partial charge on any atom is 0.344 e. The molecule has 6 heteroatoms. The lowest BCUT2D eigenvalue weighted by molar-refractivity contribution is 0.234. The number of aliphatic hydroxyl groups excluding tert-OH is 1. The summed E-state index contributed by atoms with van der Waals surface area (Å²) in [6, 6.07) is -0.488. The van der Waals surface area contributed by atoms with E-state index >= 15 is 0 Å². The number of nitrogens with zero attached hydrogens (tertiary/aromatic N) is 1. The molecule has 1 rings (SSSR count). The monoisotopic (exact) mass is 159 g/mol. The van der Waals surface area contributed by atoms with E-state index in [1.54, 1.807) is 6.92 Å². The van der Waals surface area contributed by atoms with Crippen LogP contribution in [0.2, 0.25) is 0 Å². The van der Waals surface area contributed by atoms with Crippen LogP contribution in [0, 0.1) is 0 Å². The summed E-state index contributed by atoms with van der Waals surface area (Å²) >= 11 is 0. The molecule has 0 aliphatic carbocycles. The van der Waals surface area contributed by atoms with Gasteiger partial charge in [-0.05, 0) is 6.92 Å².